The van der Waals surface area contributed by atoms with E-state index in [1.54, 1.807) is 19.2 Å². The van der Waals surface area contributed by atoms with Gasteiger partial charge >= 0.3 is 0 Å². The second-order valence-corrected chi connectivity index (χ2v) is 7.28. The molecule has 0 radical (unpaired) electrons. The van der Waals surface area contributed by atoms with E-state index >= 15 is 0 Å². The van der Waals surface area contributed by atoms with Crippen molar-refractivity contribution in [3.63, 3.8) is 0 Å². The fourth-order valence-electron chi connectivity index (χ4n) is 2.38. The minimum atomic E-state index is 0.0220. The van der Waals surface area contributed by atoms with Crippen LogP contribution in [0.4, 0.5) is 0 Å². The Morgan fingerprint density at radius 2 is 1.93 bits per heavy atom. The van der Waals surface area contributed by atoms with Gasteiger partial charge in [0.05, 0.1) is 37.0 Å². The molecule has 5 nitrogen and oxygen atoms in total. The highest BCUT2D eigenvalue weighted by atomic mass is 79.9. The minimum absolute atomic E-state index is 0.0220. The van der Waals surface area contributed by atoms with Gasteiger partial charge in [0.2, 0.25) is 0 Å². The number of aliphatic hydroxyl groups is 1. The Morgan fingerprint density at radius 3 is 2.63 bits per heavy atom. The Labute approximate surface area is 177 Å². The first kappa shape index (κ1) is 22.3. The van der Waals surface area contributed by atoms with E-state index in [9.17, 15) is 0 Å². The summed E-state index contributed by atoms with van der Waals surface area (Å²) in [6, 6.07) is 9.17. The highest BCUT2D eigenvalue weighted by molar-refractivity contribution is 9.10. The molecule has 2 aromatic rings. The number of rotatable bonds is 11. The van der Waals surface area contributed by atoms with Crippen molar-refractivity contribution in [2.75, 3.05) is 33.5 Å². The number of hydrogen-bond acceptors (Lipinski definition) is 5. The molecule has 0 amide bonds. The first-order valence-electron chi connectivity index (χ1n) is 8.38. The van der Waals surface area contributed by atoms with Crippen LogP contribution in [0.25, 0.3) is 0 Å². The van der Waals surface area contributed by atoms with Gasteiger partial charge in [-0.15, -0.1) is 0 Å². The minimum Gasteiger partial charge on any atom is -0.493 e. The van der Waals surface area contributed by atoms with Gasteiger partial charge in [0, 0.05) is 23.1 Å². The lowest BCUT2D eigenvalue weighted by Gasteiger charge is -2.17. The van der Waals surface area contributed by atoms with Gasteiger partial charge in [0.1, 0.15) is 6.61 Å². The molecule has 0 heterocycles. The highest BCUT2D eigenvalue weighted by Gasteiger charge is 2.15. The molecule has 0 unspecified atom stereocenters. The van der Waals surface area contributed by atoms with E-state index in [4.69, 9.17) is 42.5 Å². The predicted molar refractivity (Wildman–Crippen MR) is 111 cm³/mol. The van der Waals surface area contributed by atoms with Crippen LogP contribution in [0.2, 0.25) is 10.0 Å². The van der Waals surface area contributed by atoms with Crippen molar-refractivity contribution >= 4 is 39.1 Å². The van der Waals surface area contributed by atoms with Crippen LogP contribution in [0.3, 0.4) is 0 Å². The SMILES string of the molecule is COc1ccc(Br)c(CNCCOCCO)c1OCc1ccc(Cl)c(Cl)c1. The number of methoxy groups -OCH3 is 1. The lowest BCUT2D eigenvalue weighted by Crippen LogP contribution is -2.20. The summed E-state index contributed by atoms with van der Waals surface area (Å²) in [5.41, 5.74) is 1.85. The average molecular weight is 479 g/mol. The zero-order valence-corrected chi connectivity index (χ0v) is 18.0. The molecule has 0 aliphatic rings. The topological polar surface area (TPSA) is 60.0 Å². The maximum absolute atomic E-state index is 8.72. The molecule has 2 N–H and O–H groups in total. The van der Waals surface area contributed by atoms with Crippen molar-refractivity contribution in [1.29, 1.82) is 0 Å². The quantitative estimate of drug-likeness (QED) is 0.467. The van der Waals surface area contributed by atoms with Gasteiger partial charge in [-0.2, -0.15) is 0 Å². The molecule has 0 fully saturated rings. The van der Waals surface area contributed by atoms with Crippen molar-refractivity contribution in [2.45, 2.75) is 13.2 Å². The summed E-state index contributed by atoms with van der Waals surface area (Å²) >= 11 is 15.6. The van der Waals surface area contributed by atoms with Crippen molar-refractivity contribution < 1.29 is 19.3 Å². The normalized spacial score (nSPS) is 10.9. The number of ether oxygens (including phenoxy) is 3. The number of benzene rings is 2. The Morgan fingerprint density at radius 1 is 1.11 bits per heavy atom. The predicted octanol–water partition coefficient (Wildman–Crippen LogP) is 4.44. The first-order chi connectivity index (χ1) is 13.1. The van der Waals surface area contributed by atoms with Crippen LogP contribution in [0.1, 0.15) is 11.1 Å². The van der Waals surface area contributed by atoms with E-state index in [0.29, 0.717) is 54.5 Å². The summed E-state index contributed by atoms with van der Waals surface area (Å²) in [7, 11) is 1.61. The fraction of sp³-hybridized carbons (Fsp3) is 0.368. The van der Waals surface area contributed by atoms with Crippen LogP contribution in [0.15, 0.2) is 34.8 Å². The fourth-order valence-corrected chi connectivity index (χ4v) is 3.15. The molecule has 0 bridgehead atoms. The van der Waals surface area contributed by atoms with E-state index in [2.05, 4.69) is 21.2 Å². The maximum Gasteiger partial charge on any atom is 0.167 e. The zero-order chi connectivity index (χ0) is 19.6. The van der Waals surface area contributed by atoms with Crippen LogP contribution in [-0.2, 0) is 17.9 Å². The molecule has 0 aromatic heterocycles. The summed E-state index contributed by atoms with van der Waals surface area (Å²) in [5.74, 6) is 1.30. The standard InChI is InChI=1S/C19H22BrCl2NO4/c1-25-18-5-3-15(20)14(11-23-6-8-26-9-7-24)19(18)27-12-13-2-4-16(21)17(22)10-13/h2-5,10,23-24H,6-9,11-12H2,1H3. The van der Waals surface area contributed by atoms with Crippen molar-refractivity contribution in [1.82, 2.24) is 5.32 Å². The molecule has 0 aliphatic carbocycles. The largest absolute Gasteiger partial charge is 0.493 e. The van der Waals surface area contributed by atoms with E-state index in [-0.39, 0.29) is 6.61 Å². The van der Waals surface area contributed by atoms with Gasteiger partial charge in [-0.3, -0.25) is 0 Å². The lowest BCUT2D eigenvalue weighted by molar-refractivity contribution is 0.0937. The number of nitrogens with one attached hydrogen (secondary N) is 1. The smallest absolute Gasteiger partial charge is 0.167 e. The third-order valence-corrected chi connectivity index (χ3v) is 5.20. The van der Waals surface area contributed by atoms with Gasteiger partial charge in [0.15, 0.2) is 11.5 Å². The monoisotopic (exact) mass is 477 g/mol. The third-order valence-electron chi connectivity index (χ3n) is 3.71. The summed E-state index contributed by atoms with van der Waals surface area (Å²) in [4.78, 5) is 0. The summed E-state index contributed by atoms with van der Waals surface area (Å²) in [6.45, 7) is 2.42. The van der Waals surface area contributed by atoms with Crippen molar-refractivity contribution in [3.8, 4) is 11.5 Å². The van der Waals surface area contributed by atoms with E-state index in [1.165, 1.54) is 0 Å². The Balaban J connectivity index is 2.08. The van der Waals surface area contributed by atoms with Crippen LogP contribution in [0, 0.1) is 0 Å². The molecule has 8 heteroatoms. The second-order valence-electron chi connectivity index (χ2n) is 5.61. The van der Waals surface area contributed by atoms with Crippen LogP contribution >= 0.6 is 39.1 Å². The molecular weight excluding hydrogens is 457 g/mol. The molecule has 0 spiro atoms. The molecule has 0 saturated heterocycles. The maximum atomic E-state index is 8.72. The molecule has 2 rings (SSSR count). The van der Waals surface area contributed by atoms with Gasteiger partial charge in [-0.1, -0.05) is 45.2 Å². The molecule has 27 heavy (non-hydrogen) atoms. The average Bonchev–Trinajstić information content (AvgIpc) is 2.66. The summed E-state index contributed by atoms with van der Waals surface area (Å²) in [6.07, 6.45) is 0. The zero-order valence-electron chi connectivity index (χ0n) is 14.9. The lowest BCUT2D eigenvalue weighted by atomic mass is 10.1. The Kier molecular flexibility index (Phi) is 9.68. The number of aliphatic hydroxyl groups excluding tert-OH is 1. The number of halogens is 3. The van der Waals surface area contributed by atoms with Gasteiger partial charge in [-0.25, -0.2) is 0 Å². The van der Waals surface area contributed by atoms with Crippen LogP contribution in [0.5, 0.6) is 11.5 Å². The third kappa shape index (κ3) is 6.82. The molecule has 0 saturated carbocycles. The second kappa shape index (κ2) is 11.7. The molecule has 148 valence electrons. The summed E-state index contributed by atoms with van der Waals surface area (Å²) < 4.78 is 17.7. The molecular formula is C19H22BrCl2NO4. The van der Waals surface area contributed by atoms with Crippen LogP contribution in [-0.4, -0.2) is 38.6 Å². The van der Waals surface area contributed by atoms with Gasteiger partial charge in [-0.05, 0) is 29.8 Å². The molecule has 2 aromatic carbocycles. The van der Waals surface area contributed by atoms with E-state index < -0.39 is 0 Å². The van der Waals surface area contributed by atoms with Gasteiger partial charge in [0.25, 0.3) is 0 Å². The molecule has 0 aliphatic heterocycles. The summed E-state index contributed by atoms with van der Waals surface area (Å²) in [5, 5.41) is 13.0. The number of hydrogen-bond donors (Lipinski definition) is 2. The van der Waals surface area contributed by atoms with Crippen molar-refractivity contribution in [3.05, 3.63) is 56.0 Å². The van der Waals surface area contributed by atoms with E-state index in [0.717, 1.165) is 15.6 Å². The highest BCUT2D eigenvalue weighted by Crippen LogP contribution is 2.37. The van der Waals surface area contributed by atoms with Gasteiger partial charge < -0.3 is 24.6 Å². The molecule has 0 atom stereocenters. The Bertz CT molecular complexity index is 746. The first-order valence-corrected chi connectivity index (χ1v) is 9.93. The van der Waals surface area contributed by atoms with E-state index in [1.807, 2.05) is 18.2 Å². The van der Waals surface area contributed by atoms with Crippen LogP contribution < -0.4 is 14.8 Å². The Hall–Kier alpha value is -1.02. The van der Waals surface area contributed by atoms with Crippen molar-refractivity contribution in [2.24, 2.45) is 0 Å².